The molecule has 0 bridgehead atoms. The van der Waals surface area contributed by atoms with Crippen LogP contribution in [0.2, 0.25) is 0 Å². The lowest BCUT2D eigenvalue weighted by molar-refractivity contribution is -0.108. The van der Waals surface area contributed by atoms with Crippen LogP contribution in [0.25, 0.3) is 0 Å². The Balaban J connectivity index is 3.91. The molecule has 0 saturated heterocycles. The van der Waals surface area contributed by atoms with E-state index in [4.69, 9.17) is 27.9 Å². The summed E-state index contributed by atoms with van der Waals surface area (Å²) in [6, 6.07) is 0. The highest BCUT2D eigenvalue weighted by Gasteiger charge is 2.15. The third-order valence-corrected chi connectivity index (χ3v) is 6.93. The number of rotatable bonds is 8. The van der Waals surface area contributed by atoms with Gasteiger partial charge >= 0.3 is 0 Å². The predicted octanol–water partition coefficient (Wildman–Crippen LogP) is 2.36. The Kier molecular flexibility index (Phi) is 8.51. The number of hydrogen-bond donors (Lipinski definition) is 1. The molecule has 0 aliphatic carbocycles. The Bertz CT molecular complexity index is 193. The fourth-order valence-corrected chi connectivity index (χ4v) is 5.20. The molecular weight excluding hydrogens is 249 g/mol. The second-order valence-electron chi connectivity index (χ2n) is 2.04. The van der Waals surface area contributed by atoms with E-state index in [1.807, 2.05) is 6.92 Å². The molecule has 78 valence electrons. The van der Waals surface area contributed by atoms with E-state index in [2.05, 4.69) is 5.09 Å². The summed E-state index contributed by atoms with van der Waals surface area (Å²) in [6.45, 7) is 2.38. The van der Waals surface area contributed by atoms with Gasteiger partial charge in [0.05, 0.1) is 6.61 Å². The van der Waals surface area contributed by atoms with Crippen molar-refractivity contribution in [2.45, 2.75) is 13.3 Å². The highest BCUT2D eigenvalue weighted by atomic mass is 35.5. The lowest BCUT2D eigenvalue weighted by Crippen LogP contribution is -2.07. The predicted molar refractivity (Wildman–Crippen MR) is 62.9 cm³/mol. The number of amides is 1. The van der Waals surface area contributed by atoms with E-state index >= 15 is 0 Å². The zero-order valence-electron chi connectivity index (χ0n) is 7.36. The Morgan fingerprint density at radius 3 is 2.92 bits per heavy atom. The monoisotopic (exact) mass is 261 g/mol. The van der Waals surface area contributed by atoms with Crippen LogP contribution in [-0.2, 0) is 21.1 Å². The fourth-order valence-electron chi connectivity index (χ4n) is 0.586. The van der Waals surface area contributed by atoms with Gasteiger partial charge in [0.2, 0.25) is 12.0 Å². The molecule has 0 heterocycles. The van der Waals surface area contributed by atoms with Crippen LogP contribution in [0.4, 0.5) is 0 Å². The Labute approximate surface area is 92.8 Å². The Hall–Kier alpha value is 0.720. The maximum absolute atomic E-state index is 10.3. The highest BCUT2D eigenvalue weighted by molar-refractivity contribution is 8.68. The van der Waals surface area contributed by atoms with Crippen LogP contribution in [0.3, 0.4) is 0 Å². The van der Waals surface area contributed by atoms with Gasteiger partial charge in [-0.15, -0.1) is 11.6 Å². The van der Waals surface area contributed by atoms with E-state index in [1.165, 1.54) is 11.4 Å². The smallest absolute Gasteiger partial charge is 0.213 e. The van der Waals surface area contributed by atoms with Crippen LogP contribution < -0.4 is 5.09 Å². The minimum atomic E-state index is -2.18. The summed E-state index contributed by atoms with van der Waals surface area (Å²) in [4.78, 5) is 10.3. The molecule has 13 heavy (non-hydrogen) atoms. The Morgan fingerprint density at radius 2 is 2.46 bits per heavy atom. The van der Waals surface area contributed by atoms with Gasteiger partial charge in [0.1, 0.15) is 0 Å². The quantitative estimate of drug-likeness (QED) is 0.315. The summed E-state index contributed by atoms with van der Waals surface area (Å²) in [5.41, 5.74) is -2.18. The van der Waals surface area contributed by atoms with Crippen LogP contribution in [0, 0.1) is 0 Å². The molecule has 1 atom stereocenters. The standard InChI is InChI=1S/C6H13ClNO2PS2/c1-2-10-11(12,8-6-9)13-5-3-4-7/h6H,2-5H2,1H3,(H,8,9,12). The molecule has 1 N–H and O–H groups in total. The van der Waals surface area contributed by atoms with E-state index in [1.54, 1.807) is 0 Å². The van der Waals surface area contributed by atoms with Crippen LogP contribution in [0.5, 0.6) is 0 Å². The van der Waals surface area contributed by atoms with Crippen molar-refractivity contribution >= 4 is 46.8 Å². The first-order valence-corrected chi connectivity index (χ1v) is 8.69. The molecule has 0 aliphatic rings. The van der Waals surface area contributed by atoms with E-state index in [9.17, 15) is 4.79 Å². The molecule has 0 aromatic heterocycles. The summed E-state index contributed by atoms with van der Waals surface area (Å²) >= 11 is 12.2. The molecule has 0 aromatic rings. The first kappa shape index (κ1) is 13.7. The van der Waals surface area contributed by atoms with Gasteiger partial charge < -0.3 is 9.61 Å². The fraction of sp³-hybridized carbons (Fsp3) is 0.833. The lowest BCUT2D eigenvalue weighted by Gasteiger charge is -2.18. The topological polar surface area (TPSA) is 38.3 Å². The van der Waals surface area contributed by atoms with Gasteiger partial charge in [0.15, 0.2) is 0 Å². The molecule has 0 rings (SSSR count). The van der Waals surface area contributed by atoms with E-state index in [0.29, 0.717) is 18.9 Å². The van der Waals surface area contributed by atoms with Crippen molar-refractivity contribution in [1.29, 1.82) is 0 Å². The molecule has 3 nitrogen and oxygen atoms in total. The third kappa shape index (κ3) is 6.75. The van der Waals surface area contributed by atoms with Crippen LogP contribution in [0.1, 0.15) is 13.3 Å². The van der Waals surface area contributed by atoms with Crippen molar-refractivity contribution < 1.29 is 9.32 Å². The van der Waals surface area contributed by atoms with E-state index < -0.39 is 5.62 Å². The summed E-state index contributed by atoms with van der Waals surface area (Å²) in [5.74, 6) is 1.43. The largest absolute Gasteiger partial charge is 0.327 e. The second kappa shape index (κ2) is 8.06. The summed E-state index contributed by atoms with van der Waals surface area (Å²) < 4.78 is 5.32. The number of hydrogen-bond acceptors (Lipinski definition) is 4. The van der Waals surface area contributed by atoms with Crippen molar-refractivity contribution in [2.24, 2.45) is 0 Å². The molecule has 1 unspecified atom stereocenters. The molecular formula is C6H13ClNO2PS2. The second-order valence-corrected chi connectivity index (χ2v) is 9.15. The summed E-state index contributed by atoms with van der Waals surface area (Å²) in [6.07, 6.45) is 1.47. The normalized spacial score (nSPS) is 14.9. The van der Waals surface area contributed by atoms with Crippen LogP contribution in [-0.4, -0.2) is 24.6 Å². The van der Waals surface area contributed by atoms with Crippen molar-refractivity contribution in [1.82, 2.24) is 5.09 Å². The van der Waals surface area contributed by atoms with Crippen LogP contribution in [0.15, 0.2) is 0 Å². The van der Waals surface area contributed by atoms with Crippen molar-refractivity contribution in [3.05, 3.63) is 0 Å². The van der Waals surface area contributed by atoms with Crippen molar-refractivity contribution in [3.8, 4) is 0 Å². The zero-order valence-corrected chi connectivity index (χ0v) is 10.6. The minimum Gasteiger partial charge on any atom is -0.327 e. The van der Waals surface area contributed by atoms with Crippen molar-refractivity contribution in [3.63, 3.8) is 0 Å². The zero-order chi connectivity index (χ0) is 10.2. The first-order chi connectivity index (χ1) is 6.18. The van der Waals surface area contributed by atoms with Crippen LogP contribution >= 0.6 is 28.6 Å². The van der Waals surface area contributed by atoms with E-state index in [0.717, 1.165) is 12.2 Å². The van der Waals surface area contributed by atoms with Gasteiger partial charge in [-0.2, -0.15) is 0 Å². The minimum absolute atomic E-state index is 0.520. The van der Waals surface area contributed by atoms with E-state index in [-0.39, 0.29) is 0 Å². The summed E-state index contributed by atoms with van der Waals surface area (Å²) in [7, 11) is 0. The molecule has 0 aliphatic heterocycles. The Morgan fingerprint density at radius 1 is 1.77 bits per heavy atom. The van der Waals surface area contributed by atoms with Gasteiger partial charge in [0.25, 0.3) is 0 Å². The van der Waals surface area contributed by atoms with Gasteiger partial charge in [-0.25, -0.2) is 0 Å². The number of nitrogens with one attached hydrogen (secondary N) is 1. The number of carbonyl (C=O) groups excluding carboxylic acids is 1. The van der Waals surface area contributed by atoms with Gasteiger partial charge in [-0.1, -0.05) is 11.4 Å². The highest BCUT2D eigenvalue weighted by Crippen LogP contribution is 2.55. The number of carbonyl (C=O) groups is 1. The van der Waals surface area contributed by atoms with Gasteiger partial charge in [0, 0.05) is 11.6 Å². The molecule has 0 aromatic carbocycles. The first-order valence-electron chi connectivity index (χ1n) is 3.85. The van der Waals surface area contributed by atoms with Crippen molar-refractivity contribution in [2.75, 3.05) is 18.2 Å². The summed E-state index contributed by atoms with van der Waals surface area (Å²) in [5, 5.41) is 2.56. The van der Waals surface area contributed by atoms with Gasteiger partial charge in [-0.3, -0.25) is 4.79 Å². The van der Waals surface area contributed by atoms with Gasteiger partial charge in [-0.05, 0) is 25.2 Å². The molecule has 0 radical (unpaired) electrons. The lowest BCUT2D eigenvalue weighted by atomic mass is 10.6. The molecule has 0 saturated carbocycles. The maximum Gasteiger partial charge on any atom is 0.213 e. The average Bonchev–Trinajstić information content (AvgIpc) is 2.05. The molecule has 7 heteroatoms. The molecule has 0 spiro atoms. The maximum atomic E-state index is 10.3. The average molecular weight is 262 g/mol. The number of alkyl halides is 1. The number of halogens is 1. The SMILES string of the molecule is CCOP(=S)(NC=O)SCCCCl. The third-order valence-electron chi connectivity index (χ3n) is 1.05. The molecule has 1 amide bonds. The molecule has 0 fully saturated rings.